The van der Waals surface area contributed by atoms with E-state index in [1.807, 2.05) is 30.3 Å². The highest BCUT2D eigenvalue weighted by molar-refractivity contribution is 6.31. The summed E-state index contributed by atoms with van der Waals surface area (Å²) in [5.74, 6) is 9.56. The van der Waals surface area contributed by atoms with Crippen LogP contribution in [-0.2, 0) is 23.9 Å². The Kier molecular flexibility index (Phi) is 15.9. The number of nitrogens with zero attached hydrogens (tertiary/aromatic N) is 3. The van der Waals surface area contributed by atoms with E-state index in [-0.39, 0.29) is 35.3 Å². The number of esters is 1. The van der Waals surface area contributed by atoms with Crippen LogP contribution in [0.2, 0.25) is 5.02 Å². The molecular formula is C34H42ClFN8O6. The predicted octanol–water partition coefficient (Wildman–Crippen LogP) is 4.67. The molecule has 2 bridgehead atoms. The number of nitrogens with one attached hydrogen (secondary N) is 3. The molecule has 0 unspecified atom stereocenters. The van der Waals surface area contributed by atoms with Gasteiger partial charge in [0, 0.05) is 48.4 Å². The Labute approximate surface area is 294 Å². The minimum Gasteiger partial charge on any atom is -0.483 e. The van der Waals surface area contributed by atoms with Crippen molar-refractivity contribution in [3.63, 3.8) is 0 Å². The lowest BCUT2D eigenvalue weighted by Crippen LogP contribution is -2.32. The van der Waals surface area contributed by atoms with Gasteiger partial charge in [0.15, 0.2) is 5.82 Å². The predicted molar refractivity (Wildman–Crippen MR) is 192 cm³/mol. The summed E-state index contributed by atoms with van der Waals surface area (Å²) in [5, 5.41) is 20.9. The van der Waals surface area contributed by atoms with Gasteiger partial charge in [0.25, 0.3) is 6.47 Å². The first kappa shape index (κ1) is 39.2. The summed E-state index contributed by atoms with van der Waals surface area (Å²) in [6.45, 7) is 2.95. The quantitative estimate of drug-likeness (QED) is 0.0234. The first-order valence-electron chi connectivity index (χ1n) is 15.7. The lowest BCUT2D eigenvalue weighted by molar-refractivity contribution is -0.144. The number of fused-ring (bicyclic) bond motifs is 4. The van der Waals surface area contributed by atoms with E-state index < -0.39 is 23.8 Å². The maximum atomic E-state index is 15.0. The van der Waals surface area contributed by atoms with Crippen molar-refractivity contribution in [2.75, 3.05) is 42.5 Å². The maximum Gasteiger partial charge on any atom is 0.328 e. The molecule has 50 heavy (non-hydrogen) atoms. The van der Waals surface area contributed by atoms with Crippen molar-refractivity contribution in [3.8, 4) is 11.1 Å². The standard InChI is InChI=1S/C33H40ClFN8O4.CH2O2/c1-3-47-33(45)27-7-5-4-6-26(42-31(44)13-10-24-30(43(37)20-40-36)12-11-25(34)32(24)35)29-18-21(14-15-39-29)23-9-8-22(19-28(23)41-27)38-16-17-46-2;2-1-3/h8-15,18-20,26-27,38,41H,3-7,16-17,36-37H2,1-2H3,(H,42,44);1H,(H,2,3)/b13-10+,40-20-;/t26-,27-;/m0./s1. The van der Waals surface area contributed by atoms with E-state index in [1.165, 1.54) is 24.3 Å². The van der Waals surface area contributed by atoms with E-state index in [9.17, 15) is 14.0 Å². The Morgan fingerprint density at radius 3 is 2.70 bits per heavy atom. The third-order valence-electron chi connectivity index (χ3n) is 7.54. The molecule has 2 aromatic carbocycles. The average molecular weight is 713 g/mol. The minimum absolute atomic E-state index is 0.0148. The molecule has 0 spiro atoms. The molecule has 0 saturated carbocycles. The first-order valence-corrected chi connectivity index (χ1v) is 16.1. The lowest BCUT2D eigenvalue weighted by Gasteiger charge is -2.24. The van der Waals surface area contributed by atoms with Gasteiger partial charge in [0.05, 0.1) is 35.7 Å². The Morgan fingerprint density at radius 1 is 1.22 bits per heavy atom. The molecule has 0 saturated heterocycles. The fraction of sp³-hybridized carbons (Fsp3) is 0.324. The van der Waals surface area contributed by atoms with Crippen LogP contribution in [0, 0.1) is 5.82 Å². The lowest BCUT2D eigenvalue weighted by atomic mass is 9.96. The third kappa shape index (κ3) is 11.1. The van der Waals surface area contributed by atoms with E-state index in [4.69, 9.17) is 42.7 Å². The van der Waals surface area contributed by atoms with Crippen LogP contribution >= 0.6 is 11.6 Å². The smallest absolute Gasteiger partial charge is 0.328 e. The average Bonchev–Trinajstić information content (AvgIpc) is 3.10. The number of anilines is 3. The van der Waals surface area contributed by atoms with Crippen LogP contribution in [0.5, 0.6) is 0 Å². The number of halogens is 2. The fourth-order valence-electron chi connectivity index (χ4n) is 5.25. The zero-order chi connectivity index (χ0) is 36.5. The van der Waals surface area contributed by atoms with Crippen molar-refractivity contribution in [1.29, 1.82) is 0 Å². The Hall–Kier alpha value is -5.25. The number of carbonyl (C=O) groups excluding carboxylic acids is 2. The molecule has 8 N–H and O–H groups in total. The highest BCUT2D eigenvalue weighted by Gasteiger charge is 2.24. The highest BCUT2D eigenvalue weighted by atomic mass is 35.5. The summed E-state index contributed by atoms with van der Waals surface area (Å²) in [6.07, 6.45) is 7.69. The van der Waals surface area contributed by atoms with Crippen molar-refractivity contribution in [2.24, 2.45) is 16.8 Å². The van der Waals surface area contributed by atoms with Gasteiger partial charge >= 0.3 is 5.97 Å². The Balaban J connectivity index is 0.00000217. The van der Waals surface area contributed by atoms with Crippen molar-refractivity contribution in [1.82, 2.24) is 10.3 Å². The number of hydrogen-bond donors (Lipinski definition) is 6. The van der Waals surface area contributed by atoms with Gasteiger partial charge in [-0.25, -0.2) is 15.0 Å². The molecule has 1 aliphatic heterocycles. The van der Waals surface area contributed by atoms with Gasteiger partial charge in [-0.2, -0.15) is 5.10 Å². The van der Waals surface area contributed by atoms with Crippen LogP contribution in [-0.4, -0.2) is 67.7 Å². The van der Waals surface area contributed by atoms with Gasteiger partial charge in [0.1, 0.15) is 12.4 Å². The van der Waals surface area contributed by atoms with Crippen LogP contribution in [0.4, 0.5) is 21.5 Å². The number of carbonyl (C=O) groups is 3. The molecule has 0 radical (unpaired) electrons. The molecular weight excluding hydrogens is 671 g/mol. The summed E-state index contributed by atoms with van der Waals surface area (Å²) >= 11 is 6.01. The number of carboxylic acid groups (broad SMARTS) is 1. The van der Waals surface area contributed by atoms with Crippen molar-refractivity contribution in [2.45, 2.75) is 44.7 Å². The Morgan fingerprint density at radius 2 is 1.98 bits per heavy atom. The van der Waals surface area contributed by atoms with Gasteiger partial charge in [-0.05, 0) is 67.8 Å². The summed E-state index contributed by atoms with van der Waals surface area (Å²) in [6, 6.07) is 11.5. The molecule has 2 atom stereocenters. The first-order chi connectivity index (χ1) is 24.2. The zero-order valence-electron chi connectivity index (χ0n) is 27.8. The van der Waals surface area contributed by atoms with Crippen molar-refractivity contribution in [3.05, 3.63) is 76.8 Å². The molecule has 2 heterocycles. The molecule has 16 heteroatoms. The molecule has 4 rings (SSSR count). The fourth-order valence-corrected chi connectivity index (χ4v) is 5.42. The zero-order valence-corrected chi connectivity index (χ0v) is 28.5. The van der Waals surface area contributed by atoms with E-state index in [2.05, 4.69) is 26.0 Å². The molecule has 268 valence electrons. The highest BCUT2D eigenvalue weighted by Crippen LogP contribution is 2.34. The van der Waals surface area contributed by atoms with Crippen LogP contribution < -0.4 is 32.6 Å². The molecule has 1 amide bonds. The van der Waals surface area contributed by atoms with Gasteiger partial charge in [0.2, 0.25) is 5.91 Å². The number of benzene rings is 2. The number of amides is 1. The van der Waals surface area contributed by atoms with Gasteiger partial charge in [-0.15, -0.1) is 0 Å². The molecule has 14 nitrogen and oxygen atoms in total. The van der Waals surface area contributed by atoms with E-state index >= 15 is 0 Å². The van der Waals surface area contributed by atoms with Crippen LogP contribution in [0.1, 0.15) is 49.9 Å². The van der Waals surface area contributed by atoms with Gasteiger partial charge in [-0.3, -0.25) is 19.6 Å². The minimum atomic E-state index is -0.755. The maximum absolute atomic E-state index is 15.0. The van der Waals surface area contributed by atoms with Crippen molar-refractivity contribution < 1.29 is 33.4 Å². The molecule has 1 aliphatic rings. The number of hydrazine groups is 1. The second-order valence-electron chi connectivity index (χ2n) is 10.8. The van der Waals surface area contributed by atoms with Gasteiger partial charge < -0.3 is 36.4 Å². The topological polar surface area (TPSA) is 207 Å². The molecule has 0 fully saturated rings. The number of methoxy groups -OCH3 is 1. The molecule has 1 aromatic heterocycles. The van der Waals surface area contributed by atoms with Gasteiger partial charge in [-0.1, -0.05) is 30.5 Å². The summed E-state index contributed by atoms with van der Waals surface area (Å²) in [5.41, 5.74) is 4.14. The number of aromatic nitrogens is 1. The van der Waals surface area contributed by atoms with Crippen LogP contribution in [0.3, 0.4) is 0 Å². The van der Waals surface area contributed by atoms with E-state index in [1.54, 1.807) is 20.2 Å². The molecule has 0 aliphatic carbocycles. The normalized spacial score (nSPS) is 15.7. The molecule has 3 aromatic rings. The number of nitrogens with two attached hydrogens (primary N) is 2. The monoisotopic (exact) mass is 712 g/mol. The summed E-state index contributed by atoms with van der Waals surface area (Å²) in [4.78, 5) is 39.2. The number of rotatable bonds is 11. The Bertz CT molecular complexity index is 1660. The number of hydrazone groups is 1. The van der Waals surface area contributed by atoms with E-state index in [0.717, 1.165) is 33.8 Å². The second kappa shape index (κ2) is 20.3. The van der Waals surface area contributed by atoms with Crippen molar-refractivity contribution >= 4 is 59.4 Å². The number of ether oxygens (including phenoxy) is 2. The number of hydrogen-bond acceptors (Lipinski definition) is 11. The van der Waals surface area contributed by atoms with Crippen LogP contribution in [0.25, 0.3) is 17.2 Å². The summed E-state index contributed by atoms with van der Waals surface area (Å²) in [7, 11) is 1.64. The largest absolute Gasteiger partial charge is 0.483 e. The third-order valence-corrected chi connectivity index (χ3v) is 7.83. The summed E-state index contributed by atoms with van der Waals surface area (Å²) < 4.78 is 25.6. The SMILES string of the molecule is CCOC(=O)[C@@H]1CCCC[C@H](NC(=O)/C=C/c2c(N(N)/C=N\N)ccc(Cl)c2F)c2cc(ccn2)-c2ccc(NCCOC)cc2N1.O=CO. The number of pyridine rings is 1. The second-order valence-corrected chi connectivity index (χ2v) is 11.3. The van der Waals surface area contributed by atoms with E-state index in [0.29, 0.717) is 44.5 Å². The van der Waals surface area contributed by atoms with Crippen LogP contribution in [0.15, 0.2) is 59.8 Å².